The molecule has 0 saturated carbocycles. The molecule has 0 aromatic heterocycles. The van der Waals surface area contributed by atoms with E-state index in [1.807, 2.05) is 60.7 Å². The van der Waals surface area contributed by atoms with Crippen LogP contribution in [-0.4, -0.2) is 25.7 Å². The van der Waals surface area contributed by atoms with Gasteiger partial charge in [-0.3, -0.25) is 0 Å². The van der Waals surface area contributed by atoms with Crippen LogP contribution in [0.1, 0.15) is 17.5 Å². The van der Waals surface area contributed by atoms with Gasteiger partial charge in [0.05, 0.1) is 20.6 Å². The van der Waals surface area contributed by atoms with E-state index in [-0.39, 0.29) is 0 Å². The number of quaternary nitrogens is 1. The third-order valence-corrected chi connectivity index (χ3v) is 3.61. The molecule has 0 saturated heterocycles. The van der Waals surface area contributed by atoms with E-state index in [9.17, 15) is 5.11 Å². The van der Waals surface area contributed by atoms with E-state index in [0.717, 1.165) is 17.7 Å². The summed E-state index contributed by atoms with van der Waals surface area (Å²) in [5, 5.41) is 11.3. The van der Waals surface area contributed by atoms with Gasteiger partial charge in [-0.2, -0.15) is 0 Å². The molecule has 2 aromatic carbocycles. The molecule has 0 heterocycles. The van der Waals surface area contributed by atoms with Crippen LogP contribution in [0.4, 0.5) is 0 Å². The average molecular weight is 282 g/mol. The minimum absolute atomic E-state index is 0.578. The normalized spacial score (nSPS) is 12.2. The van der Waals surface area contributed by atoms with Crippen molar-refractivity contribution in [3.63, 3.8) is 0 Å². The number of likely N-dealkylation sites (N-methyl/N-ethyl adjacent to an activating group) is 1. The molecule has 0 aliphatic heterocycles. The highest BCUT2D eigenvalue weighted by molar-refractivity contribution is 5.36. The van der Waals surface area contributed by atoms with Crippen molar-refractivity contribution < 1.29 is 10.0 Å². The Bertz CT molecular complexity index is 521. The van der Waals surface area contributed by atoms with Crippen molar-refractivity contribution in [3.05, 3.63) is 83.9 Å². The molecule has 0 aliphatic rings. The summed E-state index contributed by atoms with van der Waals surface area (Å²) in [6.45, 7) is 0.958. The lowest BCUT2D eigenvalue weighted by molar-refractivity contribution is -0.851. The molecule has 0 aliphatic carbocycles. The molecule has 2 nitrogen and oxygen atoms in total. The first kappa shape index (κ1) is 15.5. The SMILES string of the molecule is C[NH+](C)C/C=C/CC(O)(c1ccccc1)c1ccccc1. The van der Waals surface area contributed by atoms with E-state index in [4.69, 9.17) is 0 Å². The quantitative estimate of drug-likeness (QED) is 0.779. The Kier molecular flexibility index (Phi) is 5.32. The minimum Gasteiger partial charge on any atom is -0.380 e. The second kappa shape index (κ2) is 7.21. The Labute approximate surface area is 127 Å². The largest absolute Gasteiger partial charge is 0.380 e. The zero-order valence-corrected chi connectivity index (χ0v) is 12.8. The Morgan fingerprint density at radius 3 is 1.76 bits per heavy atom. The molecular formula is C19H24NO+. The first-order valence-electron chi connectivity index (χ1n) is 7.40. The van der Waals surface area contributed by atoms with Gasteiger partial charge < -0.3 is 10.0 Å². The monoisotopic (exact) mass is 282 g/mol. The molecule has 2 aromatic rings. The van der Waals surface area contributed by atoms with Gasteiger partial charge in [0.25, 0.3) is 0 Å². The summed E-state index contributed by atoms with van der Waals surface area (Å²) in [6.07, 6.45) is 4.79. The van der Waals surface area contributed by atoms with Crippen LogP contribution in [-0.2, 0) is 5.60 Å². The van der Waals surface area contributed by atoms with Crippen molar-refractivity contribution in [2.45, 2.75) is 12.0 Å². The van der Waals surface area contributed by atoms with Crippen LogP contribution in [0, 0.1) is 0 Å². The number of nitrogens with one attached hydrogen (secondary N) is 1. The van der Waals surface area contributed by atoms with E-state index in [2.05, 4.69) is 26.2 Å². The van der Waals surface area contributed by atoms with Gasteiger partial charge in [0, 0.05) is 6.42 Å². The average Bonchev–Trinajstić information content (AvgIpc) is 2.53. The van der Waals surface area contributed by atoms with Crippen LogP contribution in [0.3, 0.4) is 0 Å². The maximum atomic E-state index is 11.3. The predicted octanol–water partition coefficient (Wildman–Crippen LogP) is 2.01. The van der Waals surface area contributed by atoms with E-state index in [1.54, 1.807) is 0 Å². The lowest BCUT2D eigenvalue weighted by Gasteiger charge is -2.28. The summed E-state index contributed by atoms with van der Waals surface area (Å²) in [5.41, 5.74) is 0.886. The van der Waals surface area contributed by atoms with Gasteiger partial charge in [0.1, 0.15) is 5.60 Å². The summed E-state index contributed by atoms with van der Waals surface area (Å²) in [5.74, 6) is 0. The van der Waals surface area contributed by atoms with Crippen molar-refractivity contribution in [2.75, 3.05) is 20.6 Å². The van der Waals surface area contributed by atoms with E-state index in [0.29, 0.717) is 6.42 Å². The summed E-state index contributed by atoms with van der Waals surface area (Å²) < 4.78 is 0. The summed E-state index contributed by atoms with van der Waals surface area (Å²) in [6, 6.07) is 19.8. The second-order valence-electron chi connectivity index (χ2n) is 5.68. The molecular weight excluding hydrogens is 258 g/mol. The number of aliphatic hydroxyl groups is 1. The van der Waals surface area contributed by atoms with Crippen LogP contribution < -0.4 is 4.90 Å². The molecule has 0 fully saturated rings. The fourth-order valence-electron chi connectivity index (χ4n) is 2.40. The van der Waals surface area contributed by atoms with Gasteiger partial charge in [-0.15, -0.1) is 0 Å². The highest BCUT2D eigenvalue weighted by Crippen LogP contribution is 2.33. The molecule has 0 bridgehead atoms. The standard InChI is InChI=1S/C19H23NO/c1-20(2)16-10-9-15-19(21,17-11-5-3-6-12-17)18-13-7-4-8-14-18/h3-14,21H,15-16H2,1-2H3/p+1/b10-9+. The Morgan fingerprint density at radius 2 is 1.33 bits per heavy atom. The lowest BCUT2D eigenvalue weighted by Crippen LogP contribution is -3.05. The number of rotatable bonds is 6. The fraction of sp³-hybridized carbons (Fsp3) is 0.263. The summed E-state index contributed by atoms with van der Waals surface area (Å²) in [4.78, 5) is 1.37. The van der Waals surface area contributed by atoms with Gasteiger partial charge in [0.15, 0.2) is 0 Å². The van der Waals surface area contributed by atoms with E-state index >= 15 is 0 Å². The zero-order valence-electron chi connectivity index (χ0n) is 12.8. The third-order valence-electron chi connectivity index (χ3n) is 3.61. The second-order valence-corrected chi connectivity index (χ2v) is 5.68. The van der Waals surface area contributed by atoms with Gasteiger partial charge >= 0.3 is 0 Å². The minimum atomic E-state index is -0.972. The van der Waals surface area contributed by atoms with Crippen LogP contribution in [0.15, 0.2) is 72.8 Å². The molecule has 0 radical (unpaired) electrons. The van der Waals surface area contributed by atoms with Crippen LogP contribution in [0.2, 0.25) is 0 Å². The Morgan fingerprint density at radius 1 is 0.857 bits per heavy atom. The summed E-state index contributed by atoms with van der Waals surface area (Å²) >= 11 is 0. The predicted molar refractivity (Wildman–Crippen MR) is 87.3 cm³/mol. The molecule has 0 unspecified atom stereocenters. The van der Waals surface area contributed by atoms with Gasteiger partial charge in [-0.05, 0) is 17.2 Å². The molecule has 0 atom stereocenters. The molecule has 2 N–H and O–H groups in total. The maximum absolute atomic E-state index is 11.3. The van der Waals surface area contributed by atoms with Crippen molar-refractivity contribution >= 4 is 0 Å². The smallest absolute Gasteiger partial charge is 0.118 e. The first-order chi connectivity index (χ1) is 10.1. The molecule has 110 valence electrons. The highest BCUT2D eigenvalue weighted by atomic mass is 16.3. The highest BCUT2D eigenvalue weighted by Gasteiger charge is 2.29. The van der Waals surface area contributed by atoms with Crippen LogP contribution in [0.5, 0.6) is 0 Å². The molecule has 2 rings (SSSR count). The molecule has 0 spiro atoms. The van der Waals surface area contributed by atoms with Crippen LogP contribution in [0.25, 0.3) is 0 Å². The van der Waals surface area contributed by atoms with E-state index in [1.165, 1.54) is 4.90 Å². The van der Waals surface area contributed by atoms with Gasteiger partial charge in [-0.25, -0.2) is 0 Å². The third kappa shape index (κ3) is 4.03. The van der Waals surface area contributed by atoms with Gasteiger partial charge in [-0.1, -0.05) is 66.7 Å². The maximum Gasteiger partial charge on any atom is 0.118 e. The molecule has 2 heteroatoms. The summed E-state index contributed by atoms with van der Waals surface area (Å²) in [7, 11) is 4.23. The van der Waals surface area contributed by atoms with Crippen molar-refractivity contribution in [3.8, 4) is 0 Å². The van der Waals surface area contributed by atoms with Crippen molar-refractivity contribution in [2.24, 2.45) is 0 Å². The number of hydrogen-bond acceptors (Lipinski definition) is 1. The lowest BCUT2D eigenvalue weighted by atomic mass is 9.83. The topological polar surface area (TPSA) is 24.7 Å². The van der Waals surface area contributed by atoms with E-state index < -0.39 is 5.60 Å². The molecule has 0 amide bonds. The van der Waals surface area contributed by atoms with Crippen LogP contribution >= 0.6 is 0 Å². The Hall–Kier alpha value is -1.90. The van der Waals surface area contributed by atoms with Crippen molar-refractivity contribution in [1.82, 2.24) is 0 Å². The fourth-order valence-corrected chi connectivity index (χ4v) is 2.40. The number of benzene rings is 2. The molecule has 21 heavy (non-hydrogen) atoms. The zero-order chi connectivity index (χ0) is 15.1. The van der Waals surface area contributed by atoms with Crippen molar-refractivity contribution in [1.29, 1.82) is 0 Å². The van der Waals surface area contributed by atoms with Gasteiger partial charge in [0.2, 0.25) is 0 Å². The number of hydrogen-bond donors (Lipinski definition) is 2. The first-order valence-corrected chi connectivity index (χ1v) is 7.40. The Balaban J connectivity index is 2.29.